The first-order valence-corrected chi connectivity index (χ1v) is 6.02. The Morgan fingerprint density at radius 3 is 2.89 bits per heavy atom. The van der Waals surface area contributed by atoms with E-state index in [1.54, 1.807) is 12.2 Å². The molecule has 0 saturated heterocycles. The highest BCUT2D eigenvalue weighted by atomic mass is 16.5. The van der Waals surface area contributed by atoms with Crippen LogP contribution >= 0.6 is 0 Å². The van der Waals surface area contributed by atoms with Gasteiger partial charge < -0.3 is 9.84 Å². The lowest BCUT2D eigenvalue weighted by atomic mass is 10.1. The molecule has 0 aromatic heterocycles. The molecular formula is C15H16O3. The molecule has 1 N–H and O–H groups in total. The molecule has 1 aliphatic heterocycles. The van der Waals surface area contributed by atoms with E-state index in [9.17, 15) is 9.90 Å². The minimum absolute atomic E-state index is 0.224. The van der Waals surface area contributed by atoms with Gasteiger partial charge in [-0.3, -0.25) is 0 Å². The Morgan fingerprint density at radius 2 is 2.17 bits per heavy atom. The van der Waals surface area contributed by atoms with Gasteiger partial charge in [0.15, 0.2) is 0 Å². The fourth-order valence-electron chi connectivity index (χ4n) is 1.85. The van der Waals surface area contributed by atoms with Gasteiger partial charge >= 0.3 is 5.97 Å². The van der Waals surface area contributed by atoms with Crippen molar-refractivity contribution in [2.75, 3.05) is 0 Å². The summed E-state index contributed by atoms with van der Waals surface area (Å²) in [6.07, 6.45) is 7.06. The second-order valence-electron chi connectivity index (χ2n) is 4.27. The minimum Gasteiger partial charge on any atom is -0.459 e. The van der Waals surface area contributed by atoms with Crippen molar-refractivity contribution in [1.29, 1.82) is 0 Å². The van der Waals surface area contributed by atoms with Crippen LogP contribution in [0.25, 0.3) is 6.08 Å². The zero-order valence-corrected chi connectivity index (χ0v) is 10.0. The van der Waals surface area contributed by atoms with Crippen LogP contribution in [-0.4, -0.2) is 23.3 Å². The van der Waals surface area contributed by atoms with Crippen molar-refractivity contribution in [3.05, 3.63) is 54.1 Å². The van der Waals surface area contributed by atoms with Gasteiger partial charge in [0.1, 0.15) is 6.10 Å². The molecule has 18 heavy (non-hydrogen) atoms. The van der Waals surface area contributed by atoms with Crippen LogP contribution in [0.4, 0.5) is 0 Å². The predicted octanol–water partition coefficient (Wildman–Crippen LogP) is 2.32. The highest BCUT2D eigenvalue weighted by Crippen LogP contribution is 2.14. The number of cyclic esters (lactones) is 1. The Morgan fingerprint density at radius 1 is 1.39 bits per heavy atom. The lowest BCUT2D eigenvalue weighted by molar-refractivity contribution is -0.145. The summed E-state index contributed by atoms with van der Waals surface area (Å²) in [4.78, 5) is 11.0. The van der Waals surface area contributed by atoms with E-state index < -0.39 is 6.10 Å². The molecule has 3 heteroatoms. The van der Waals surface area contributed by atoms with E-state index >= 15 is 0 Å². The number of hydrogen-bond donors (Lipinski definition) is 1. The van der Waals surface area contributed by atoms with Gasteiger partial charge in [0.2, 0.25) is 0 Å². The molecule has 0 spiro atoms. The van der Waals surface area contributed by atoms with E-state index in [2.05, 4.69) is 0 Å². The van der Waals surface area contributed by atoms with Crippen LogP contribution in [0.2, 0.25) is 0 Å². The number of hydrogen-bond acceptors (Lipinski definition) is 3. The van der Waals surface area contributed by atoms with Crippen molar-refractivity contribution in [3.63, 3.8) is 0 Å². The summed E-state index contributed by atoms with van der Waals surface area (Å²) in [5.74, 6) is -0.328. The Labute approximate surface area is 106 Å². The monoisotopic (exact) mass is 244 g/mol. The number of ether oxygens (including phenoxy) is 1. The van der Waals surface area contributed by atoms with Crippen LogP contribution in [0.15, 0.2) is 48.6 Å². The van der Waals surface area contributed by atoms with Gasteiger partial charge in [0.05, 0.1) is 6.10 Å². The zero-order valence-electron chi connectivity index (χ0n) is 10.0. The molecule has 0 unspecified atom stereocenters. The van der Waals surface area contributed by atoms with Crippen LogP contribution in [-0.2, 0) is 9.53 Å². The van der Waals surface area contributed by atoms with Gasteiger partial charge in [-0.25, -0.2) is 4.79 Å². The average molecular weight is 244 g/mol. The molecule has 2 rings (SSSR count). The first-order chi connectivity index (χ1) is 8.74. The third kappa shape index (κ3) is 3.86. The number of benzene rings is 1. The van der Waals surface area contributed by atoms with Gasteiger partial charge in [0, 0.05) is 18.9 Å². The molecule has 1 heterocycles. The number of aliphatic hydroxyl groups is 1. The Hall–Kier alpha value is -1.87. The summed E-state index contributed by atoms with van der Waals surface area (Å²) in [6, 6.07) is 9.76. The van der Waals surface area contributed by atoms with Gasteiger partial charge in [-0.05, 0) is 5.56 Å². The SMILES string of the molecule is O=C1C=CC[C@H](C[C@@H](O)C=Cc2ccccc2)O1. The van der Waals surface area contributed by atoms with Crippen molar-refractivity contribution >= 4 is 12.0 Å². The minimum atomic E-state index is -0.602. The van der Waals surface area contributed by atoms with E-state index in [0.29, 0.717) is 12.8 Å². The van der Waals surface area contributed by atoms with Gasteiger partial charge in [0.25, 0.3) is 0 Å². The second-order valence-corrected chi connectivity index (χ2v) is 4.27. The molecule has 3 nitrogen and oxygen atoms in total. The number of carbonyl (C=O) groups is 1. The fourth-order valence-corrected chi connectivity index (χ4v) is 1.85. The number of esters is 1. The summed E-state index contributed by atoms with van der Waals surface area (Å²) in [5, 5.41) is 9.85. The molecule has 1 aliphatic rings. The van der Waals surface area contributed by atoms with Crippen molar-refractivity contribution < 1.29 is 14.6 Å². The van der Waals surface area contributed by atoms with Crippen molar-refractivity contribution in [2.45, 2.75) is 25.0 Å². The maximum Gasteiger partial charge on any atom is 0.330 e. The standard InChI is InChI=1S/C15H16O3/c16-13(10-9-12-5-2-1-3-6-12)11-14-7-4-8-15(17)18-14/h1-6,8-10,13-14,16H,7,11H2/t13-,14+/m0/s1. The molecule has 0 aliphatic carbocycles. The highest BCUT2D eigenvalue weighted by molar-refractivity contribution is 5.82. The van der Waals surface area contributed by atoms with E-state index in [1.807, 2.05) is 36.4 Å². The van der Waals surface area contributed by atoms with E-state index in [-0.39, 0.29) is 12.1 Å². The highest BCUT2D eigenvalue weighted by Gasteiger charge is 2.18. The van der Waals surface area contributed by atoms with E-state index in [1.165, 1.54) is 6.08 Å². The van der Waals surface area contributed by atoms with Crippen LogP contribution in [0.3, 0.4) is 0 Å². The van der Waals surface area contributed by atoms with Gasteiger partial charge in [-0.15, -0.1) is 0 Å². The lowest BCUT2D eigenvalue weighted by Gasteiger charge is -2.20. The van der Waals surface area contributed by atoms with E-state index in [4.69, 9.17) is 4.74 Å². The van der Waals surface area contributed by atoms with Crippen molar-refractivity contribution in [1.82, 2.24) is 0 Å². The quantitative estimate of drug-likeness (QED) is 0.827. The maximum absolute atomic E-state index is 11.0. The number of carbonyl (C=O) groups excluding carboxylic acids is 1. The Bertz CT molecular complexity index is 448. The van der Waals surface area contributed by atoms with Crippen LogP contribution in [0, 0.1) is 0 Å². The van der Waals surface area contributed by atoms with Gasteiger partial charge in [-0.2, -0.15) is 0 Å². The topological polar surface area (TPSA) is 46.5 Å². The smallest absolute Gasteiger partial charge is 0.330 e. The van der Waals surface area contributed by atoms with Crippen molar-refractivity contribution in [3.8, 4) is 0 Å². The Balaban J connectivity index is 1.85. The normalized spacial score (nSPS) is 20.9. The summed E-state index contributed by atoms with van der Waals surface area (Å²) in [5.41, 5.74) is 1.04. The summed E-state index contributed by atoms with van der Waals surface area (Å²) in [7, 11) is 0. The predicted molar refractivity (Wildman–Crippen MR) is 69.7 cm³/mol. The van der Waals surface area contributed by atoms with Crippen molar-refractivity contribution in [2.24, 2.45) is 0 Å². The van der Waals surface area contributed by atoms with E-state index in [0.717, 1.165) is 5.56 Å². The third-order valence-corrected chi connectivity index (χ3v) is 2.75. The van der Waals surface area contributed by atoms with Crippen LogP contribution < -0.4 is 0 Å². The zero-order chi connectivity index (χ0) is 12.8. The third-order valence-electron chi connectivity index (χ3n) is 2.75. The van der Waals surface area contributed by atoms with Crippen LogP contribution in [0.5, 0.6) is 0 Å². The average Bonchev–Trinajstić information content (AvgIpc) is 2.38. The molecule has 94 valence electrons. The Kier molecular flexibility index (Phi) is 4.31. The number of aliphatic hydroxyl groups excluding tert-OH is 1. The molecule has 0 amide bonds. The molecule has 1 aromatic rings. The summed E-state index contributed by atoms with van der Waals surface area (Å²) < 4.78 is 5.09. The first kappa shape index (κ1) is 12.6. The first-order valence-electron chi connectivity index (χ1n) is 6.02. The summed E-state index contributed by atoms with van der Waals surface area (Å²) >= 11 is 0. The molecule has 1 aromatic carbocycles. The molecule has 2 atom stereocenters. The lowest BCUT2D eigenvalue weighted by Crippen LogP contribution is -2.24. The molecule has 0 saturated carbocycles. The molecule has 0 radical (unpaired) electrons. The maximum atomic E-state index is 11.0. The number of rotatable bonds is 4. The second kappa shape index (κ2) is 6.17. The molecule has 0 fully saturated rings. The largest absolute Gasteiger partial charge is 0.459 e. The fraction of sp³-hybridized carbons (Fsp3) is 0.267. The van der Waals surface area contributed by atoms with Gasteiger partial charge in [-0.1, -0.05) is 48.6 Å². The molecular weight excluding hydrogens is 228 g/mol. The molecule has 0 bridgehead atoms. The van der Waals surface area contributed by atoms with Crippen LogP contribution in [0.1, 0.15) is 18.4 Å². The summed E-state index contributed by atoms with van der Waals surface area (Å²) in [6.45, 7) is 0.